The molecule has 0 saturated carbocycles. The maximum absolute atomic E-state index is 13.1. The molecule has 1 fully saturated rings. The van der Waals surface area contributed by atoms with E-state index in [-0.39, 0.29) is 17.5 Å². The minimum Gasteiger partial charge on any atom is -0.373 e. The Morgan fingerprint density at radius 1 is 1.56 bits per heavy atom. The minimum atomic E-state index is -0.306. The zero-order valence-corrected chi connectivity index (χ0v) is 9.66. The zero-order valence-electron chi connectivity index (χ0n) is 9.66. The highest BCUT2D eigenvalue weighted by molar-refractivity contribution is 5.19. The molecular formula is C12H17FN2O. The molecule has 2 unspecified atom stereocenters. The number of pyridine rings is 1. The van der Waals surface area contributed by atoms with E-state index in [1.807, 2.05) is 7.05 Å². The Labute approximate surface area is 95.0 Å². The monoisotopic (exact) mass is 224 g/mol. The fraction of sp³-hybridized carbons (Fsp3) is 0.583. The lowest BCUT2D eigenvalue weighted by atomic mass is 9.88. The largest absolute Gasteiger partial charge is 0.373 e. The molecule has 0 radical (unpaired) electrons. The molecule has 16 heavy (non-hydrogen) atoms. The quantitative estimate of drug-likeness (QED) is 0.853. The van der Waals surface area contributed by atoms with Crippen molar-refractivity contribution in [1.82, 2.24) is 10.3 Å². The Morgan fingerprint density at radius 3 is 2.94 bits per heavy atom. The van der Waals surface area contributed by atoms with Crippen molar-refractivity contribution in [2.45, 2.75) is 31.4 Å². The number of nitrogens with one attached hydrogen (secondary N) is 1. The van der Waals surface area contributed by atoms with Crippen molar-refractivity contribution in [2.24, 2.45) is 0 Å². The average molecular weight is 224 g/mol. The maximum Gasteiger partial charge on any atom is 0.141 e. The first-order chi connectivity index (χ1) is 7.65. The predicted octanol–water partition coefficient (Wildman–Crippen LogP) is 2.05. The summed E-state index contributed by atoms with van der Waals surface area (Å²) in [6.45, 7) is 2.84. The van der Waals surface area contributed by atoms with Crippen molar-refractivity contribution >= 4 is 0 Å². The lowest BCUT2D eigenvalue weighted by Gasteiger charge is -2.33. The molecule has 0 amide bonds. The van der Waals surface area contributed by atoms with Gasteiger partial charge in [0.25, 0.3) is 0 Å². The van der Waals surface area contributed by atoms with Crippen molar-refractivity contribution in [2.75, 3.05) is 13.7 Å². The van der Waals surface area contributed by atoms with Gasteiger partial charge < -0.3 is 10.1 Å². The van der Waals surface area contributed by atoms with Crippen LogP contribution in [-0.2, 0) is 4.74 Å². The second-order valence-corrected chi connectivity index (χ2v) is 4.42. The molecule has 1 aromatic rings. The Bertz CT molecular complexity index is 364. The maximum atomic E-state index is 13.1. The Hall–Kier alpha value is -1.00. The van der Waals surface area contributed by atoms with E-state index in [9.17, 15) is 4.39 Å². The first-order valence-corrected chi connectivity index (χ1v) is 5.57. The van der Waals surface area contributed by atoms with Gasteiger partial charge in [0, 0.05) is 12.8 Å². The third-order valence-corrected chi connectivity index (χ3v) is 3.21. The second-order valence-electron chi connectivity index (χ2n) is 4.42. The van der Waals surface area contributed by atoms with E-state index in [4.69, 9.17) is 4.74 Å². The van der Waals surface area contributed by atoms with Crippen molar-refractivity contribution in [3.05, 3.63) is 29.8 Å². The number of aromatic nitrogens is 1. The van der Waals surface area contributed by atoms with Crippen LogP contribution in [0.5, 0.6) is 0 Å². The highest BCUT2D eigenvalue weighted by atomic mass is 19.1. The van der Waals surface area contributed by atoms with Gasteiger partial charge in [-0.1, -0.05) is 0 Å². The molecule has 88 valence electrons. The van der Waals surface area contributed by atoms with Crippen LogP contribution in [0.3, 0.4) is 0 Å². The summed E-state index contributed by atoms with van der Waals surface area (Å²) in [5.41, 5.74) is 0.580. The standard InChI is InChI=1S/C12H17FN2O/c1-12(4-3-5-16-12)11(14-2)9-6-10(13)8-15-7-9/h6-8,11,14H,3-5H2,1-2H3. The summed E-state index contributed by atoms with van der Waals surface area (Å²) in [5.74, 6) is -0.306. The molecule has 1 N–H and O–H groups in total. The molecule has 1 aliphatic rings. The molecule has 0 aromatic carbocycles. The topological polar surface area (TPSA) is 34.2 Å². The molecule has 2 atom stereocenters. The molecule has 4 heteroatoms. The van der Waals surface area contributed by atoms with Gasteiger partial charge in [-0.05, 0) is 38.4 Å². The van der Waals surface area contributed by atoms with Crippen LogP contribution in [0, 0.1) is 5.82 Å². The second kappa shape index (κ2) is 4.47. The number of halogens is 1. The minimum absolute atomic E-state index is 0.0156. The van der Waals surface area contributed by atoms with Gasteiger partial charge in [-0.15, -0.1) is 0 Å². The summed E-state index contributed by atoms with van der Waals surface area (Å²) in [4.78, 5) is 3.89. The Kier molecular flexibility index (Phi) is 3.21. The Balaban J connectivity index is 2.28. The molecule has 2 heterocycles. The van der Waals surface area contributed by atoms with Crippen LogP contribution in [0.15, 0.2) is 18.5 Å². The third-order valence-electron chi connectivity index (χ3n) is 3.21. The van der Waals surface area contributed by atoms with E-state index in [2.05, 4.69) is 17.2 Å². The average Bonchev–Trinajstić information content (AvgIpc) is 2.67. The smallest absolute Gasteiger partial charge is 0.141 e. The molecule has 2 rings (SSSR count). The van der Waals surface area contributed by atoms with E-state index in [1.165, 1.54) is 12.3 Å². The summed E-state index contributed by atoms with van der Waals surface area (Å²) in [7, 11) is 1.86. The molecular weight excluding hydrogens is 207 g/mol. The number of ether oxygens (including phenoxy) is 1. The van der Waals surface area contributed by atoms with Crippen molar-refractivity contribution in [3.8, 4) is 0 Å². The van der Waals surface area contributed by atoms with Crippen LogP contribution in [-0.4, -0.2) is 24.2 Å². The lowest BCUT2D eigenvalue weighted by Crippen LogP contribution is -2.39. The van der Waals surface area contributed by atoms with E-state index >= 15 is 0 Å². The summed E-state index contributed by atoms with van der Waals surface area (Å²) in [6, 6.07) is 1.50. The Morgan fingerprint density at radius 2 is 2.38 bits per heavy atom. The first kappa shape index (κ1) is 11.5. The number of nitrogens with zero attached hydrogens (tertiary/aromatic N) is 1. The zero-order chi connectivity index (χ0) is 11.6. The molecule has 3 nitrogen and oxygen atoms in total. The van der Waals surface area contributed by atoms with E-state index < -0.39 is 0 Å². The van der Waals surface area contributed by atoms with Crippen LogP contribution in [0.1, 0.15) is 31.4 Å². The van der Waals surface area contributed by atoms with Gasteiger partial charge in [-0.25, -0.2) is 4.39 Å². The van der Waals surface area contributed by atoms with Crippen LogP contribution in [0.4, 0.5) is 4.39 Å². The van der Waals surface area contributed by atoms with Gasteiger partial charge >= 0.3 is 0 Å². The van der Waals surface area contributed by atoms with E-state index in [0.29, 0.717) is 0 Å². The molecule has 1 aromatic heterocycles. The van der Waals surface area contributed by atoms with Crippen molar-refractivity contribution < 1.29 is 9.13 Å². The molecule has 0 spiro atoms. The molecule has 1 saturated heterocycles. The first-order valence-electron chi connectivity index (χ1n) is 5.57. The summed E-state index contributed by atoms with van der Waals surface area (Å²) in [6.07, 6.45) is 4.94. The highest BCUT2D eigenvalue weighted by Crippen LogP contribution is 2.36. The highest BCUT2D eigenvalue weighted by Gasteiger charge is 2.38. The number of likely N-dealkylation sites (N-methyl/N-ethyl adjacent to an activating group) is 1. The van der Waals surface area contributed by atoms with Crippen molar-refractivity contribution in [3.63, 3.8) is 0 Å². The van der Waals surface area contributed by atoms with Gasteiger partial charge in [0.05, 0.1) is 17.8 Å². The molecule has 0 bridgehead atoms. The van der Waals surface area contributed by atoms with Gasteiger partial charge in [0.15, 0.2) is 0 Å². The van der Waals surface area contributed by atoms with Gasteiger partial charge in [0.2, 0.25) is 0 Å². The molecule has 0 aliphatic carbocycles. The summed E-state index contributed by atoms with van der Waals surface area (Å²) >= 11 is 0. The van der Waals surface area contributed by atoms with Crippen LogP contribution < -0.4 is 5.32 Å². The van der Waals surface area contributed by atoms with E-state index in [0.717, 1.165) is 25.0 Å². The molecule has 1 aliphatic heterocycles. The van der Waals surface area contributed by atoms with Crippen molar-refractivity contribution in [1.29, 1.82) is 0 Å². The number of hydrogen-bond donors (Lipinski definition) is 1. The number of hydrogen-bond acceptors (Lipinski definition) is 3. The van der Waals surface area contributed by atoms with Gasteiger partial charge in [-0.2, -0.15) is 0 Å². The van der Waals surface area contributed by atoms with Gasteiger partial charge in [-0.3, -0.25) is 4.98 Å². The van der Waals surface area contributed by atoms with Crippen LogP contribution in [0.2, 0.25) is 0 Å². The SMILES string of the molecule is CNC(c1cncc(F)c1)C1(C)CCCO1. The fourth-order valence-electron chi connectivity index (χ4n) is 2.44. The van der Waals surface area contributed by atoms with Crippen LogP contribution in [0.25, 0.3) is 0 Å². The normalized spacial score (nSPS) is 26.9. The van der Waals surface area contributed by atoms with Gasteiger partial charge in [0.1, 0.15) is 5.82 Å². The summed E-state index contributed by atoms with van der Waals surface area (Å²) in [5, 5.41) is 3.20. The third kappa shape index (κ3) is 2.08. The number of rotatable bonds is 3. The summed E-state index contributed by atoms with van der Waals surface area (Å²) < 4.78 is 18.9. The predicted molar refractivity (Wildman–Crippen MR) is 59.6 cm³/mol. The van der Waals surface area contributed by atoms with E-state index in [1.54, 1.807) is 6.20 Å². The van der Waals surface area contributed by atoms with Crippen LogP contribution >= 0.6 is 0 Å². The lowest BCUT2D eigenvalue weighted by molar-refractivity contribution is -0.0106. The fourth-order valence-corrected chi connectivity index (χ4v) is 2.44.